The van der Waals surface area contributed by atoms with Crippen molar-refractivity contribution >= 4 is 17.5 Å². The fraction of sp³-hybridized carbons (Fsp3) is 0.700. The molecule has 0 bridgehead atoms. The second-order valence-electron chi connectivity index (χ2n) is 3.45. The molecule has 1 saturated heterocycles. The summed E-state index contributed by atoms with van der Waals surface area (Å²) in [4.78, 5) is 11.6. The Labute approximate surface area is 89.5 Å². The topological polar surface area (TPSA) is 38.3 Å². The van der Waals surface area contributed by atoms with Crippen LogP contribution in [0.4, 0.5) is 0 Å². The highest BCUT2D eigenvalue weighted by molar-refractivity contribution is 6.29. The third kappa shape index (κ3) is 3.00. The molecule has 0 spiro atoms. The monoisotopic (exact) mass is 217 g/mol. The smallest absolute Gasteiger partial charge is 0.226 e. The van der Waals surface area contributed by atoms with Crippen LogP contribution in [0.2, 0.25) is 0 Å². The highest BCUT2D eigenvalue weighted by atomic mass is 35.5. The third-order valence-corrected chi connectivity index (χ3v) is 2.54. The van der Waals surface area contributed by atoms with Gasteiger partial charge in [-0.15, -0.1) is 0 Å². The quantitative estimate of drug-likeness (QED) is 0.778. The zero-order valence-electron chi connectivity index (χ0n) is 8.38. The molecule has 1 N–H and O–H groups in total. The summed E-state index contributed by atoms with van der Waals surface area (Å²) in [5, 5.41) is 3.19. The summed E-state index contributed by atoms with van der Waals surface area (Å²) in [6.45, 7) is 6.56. The molecular weight excluding hydrogens is 202 g/mol. The zero-order chi connectivity index (χ0) is 10.6. The van der Waals surface area contributed by atoms with Gasteiger partial charge in [-0.1, -0.05) is 25.1 Å². The standard InChI is InChI=1S/C10H16ClNO2/c1-3-9-8(4-5-14-9)10(13)12-6-7(2)11/h8-9H,2-6H2,1H3,(H,12,13). The first-order valence-corrected chi connectivity index (χ1v) is 5.25. The Morgan fingerprint density at radius 2 is 2.43 bits per heavy atom. The first-order chi connectivity index (χ1) is 6.65. The molecule has 2 unspecified atom stereocenters. The molecule has 0 aliphatic carbocycles. The second-order valence-corrected chi connectivity index (χ2v) is 3.98. The summed E-state index contributed by atoms with van der Waals surface area (Å²) in [7, 11) is 0. The molecular formula is C10H16ClNO2. The molecule has 0 aromatic rings. The van der Waals surface area contributed by atoms with Crippen molar-refractivity contribution in [2.45, 2.75) is 25.9 Å². The lowest BCUT2D eigenvalue weighted by atomic mass is 9.99. The van der Waals surface area contributed by atoms with Gasteiger partial charge in [-0.3, -0.25) is 4.79 Å². The van der Waals surface area contributed by atoms with Gasteiger partial charge in [-0.05, 0) is 12.8 Å². The van der Waals surface area contributed by atoms with E-state index in [2.05, 4.69) is 11.9 Å². The molecule has 1 amide bonds. The van der Waals surface area contributed by atoms with E-state index in [9.17, 15) is 4.79 Å². The van der Waals surface area contributed by atoms with Gasteiger partial charge in [-0.2, -0.15) is 0 Å². The maximum absolute atomic E-state index is 11.6. The average Bonchev–Trinajstić information content (AvgIpc) is 2.61. The van der Waals surface area contributed by atoms with Crippen molar-refractivity contribution in [1.82, 2.24) is 5.32 Å². The molecule has 0 saturated carbocycles. The van der Waals surface area contributed by atoms with Crippen molar-refractivity contribution in [2.75, 3.05) is 13.2 Å². The third-order valence-electron chi connectivity index (χ3n) is 2.40. The van der Waals surface area contributed by atoms with E-state index >= 15 is 0 Å². The van der Waals surface area contributed by atoms with Crippen molar-refractivity contribution in [1.29, 1.82) is 0 Å². The van der Waals surface area contributed by atoms with Crippen LogP contribution in [-0.4, -0.2) is 25.2 Å². The van der Waals surface area contributed by atoms with Crippen molar-refractivity contribution in [3.05, 3.63) is 11.6 Å². The van der Waals surface area contributed by atoms with E-state index in [0.29, 0.717) is 18.2 Å². The molecule has 1 aliphatic rings. The summed E-state index contributed by atoms with van der Waals surface area (Å²) in [5.41, 5.74) is 0. The number of nitrogens with one attached hydrogen (secondary N) is 1. The van der Waals surface area contributed by atoms with Gasteiger partial charge in [0.05, 0.1) is 18.6 Å². The lowest BCUT2D eigenvalue weighted by Crippen LogP contribution is -2.35. The normalized spacial score (nSPS) is 26.1. The lowest BCUT2D eigenvalue weighted by Gasteiger charge is -2.15. The Hall–Kier alpha value is -0.540. The van der Waals surface area contributed by atoms with E-state index in [4.69, 9.17) is 16.3 Å². The van der Waals surface area contributed by atoms with Crippen LogP contribution in [0.1, 0.15) is 19.8 Å². The van der Waals surface area contributed by atoms with Crippen molar-refractivity contribution < 1.29 is 9.53 Å². The molecule has 0 aromatic carbocycles. The molecule has 1 aliphatic heterocycles. The minimum absolute atomic E-state index is 0.0176. The summed E-state index contributed by atoms with van der Waals surface area (Å²) in [6, 6.07) is 0. The van der Waals surface area contributed by atoms with Crippen LogP contribution in [0.3, 0.4) is 0 Å². The summed E-state index contributed by atoms with van der Waals surface area (Å²) in [5.74, 6) is 0.00664. The van der Waals surface area contributed by atoms with E-state index in [1.54, 1.807) is 0 Å². The van der Waals surface area contributed by atoms with E-state index in [1.807, 2.05) is 6.92 Å². The lowest BCUT2D eigenvalue weighted by molar-refractivity contribution is -0.126. The molecule has 1 heterocycles. The van der Waals surface area contributed by atoms with Crippen LogP contribution in [0.15, 0.2) is 11.6 Å². The van der Waals surface area contributed by atoms with Crippen LogP contribution < -0.4 is 5.32 Å². The van der Waals surface area contributed by atoms with Gasteiger partial charge in [0, 0.05) is 11.6 Å². The number of carbonyl (C=O) groups excluding carboxylic acids is 1. The van der Waals surface area contributed by atoms with Crippen LogP contribution in [0.25, 0.3) is 0 Å². The first kappa shape index (κ1) is 11.5. The van der Waals surface area contributed by atoms with E-state index in [-0.39, 0.29) is 17.9 Å². The van der Waals surface area contributed by atoms with Gasteiger partial charge < -0.3 is 10.1 Å². The maximum atomic E-state index is 11.6. The van der Waals surface area contributed by atoms with E-state index in [0.717, 1.165) is 12.8 Å². The highest BCUT2D eigenvalue weighted by Crippen LogP contribution is 2.23. The molecule has 4 heteroatoms. The molecule has 3 nitrogen and oxygen atoms in total. The van der Waals surface area contributed by atoms with Gasteiger partial charge in [0.2, 0.25) is 5.91 Å². The van der Waals surface area contributed by atoms with Gasteiger partial charge in [-0.25, -0.2) is 0 Å². The molecule has 2 atom stereocenters. The van der Waals surface area contributed by atoms with E-state index in [1.165, 1.54) is 0 Å². The Morgan fingerprint density at radius 3 is 3.00 bits per heavy atom. The van der Waals surface area contributed by atoms with Crippen LogP contribution >= 0.6 is 11.6 Å². The van der Waals surface area contributed by atoms with Crippen molar-refractivity contribution in [2.24, 2.45) is 5.92 Å². The van der Waals surface area contributed by atoms with Gasteiger partial charge >= 0.3 is 0 Å². The molecule has 14 heavy (non-hydrogen) atoms. The zero-order valence-corrected chi connectivity index (χ0v) is 9.14. The molecule has 1 fully saturated rings. The largest absolute Gasteiger partial charge is 0.377 e. The number of amides is 1. The fourth-order valence-electron chi connectivity index (χ4n) is 1.66. The molecule has 80 valence electrons. The summed E-state index contributed by atoms with van der Waals surface area (Å²) < 4.78 is 5.43. The Morgan fingerprint density at radius 1 is 1.71 bits per heavy atom. The summed E-state index contributed by atoms with van der Waals surface area (Å²) in [6.07, 6.45) is 1.75. The molecule has 0 radical (unpaired) electrons. The Balaban J connectivity index is 2.39. The predicted octanol–water partition coefficient (Wildman–Crippen LogP) is 1.67. The van der Waals surface area contributed by atoms with Crippen LogP contribution in [0, 0.1) is 5.92 Å². The van der Waals surface area contributed by atoms with Crippen LogP contribution in [0.5, 0.6) is 0 Å². The number of hydrogen-bond acceptors (Lipinski definition) is 2. The van der Waals surface area contributed by atoms with Crippen LogP contribution in [-0.2, 0) is 9.53 Å². The number of ether oxygens (including phenoxy) is 1. The predicted molar refractivity (Wildman–Crippen MR) is 56.1 cm³/mol. The second kappa shape index (κ2) is 5.37. The maximum Gasteiger partial charge on any atom is 0.226 e. The average molecular weight is 218 g/mol. The van der Waals surface area contributed by atoms with E-state index < -0.39 is 0 Å². The minimum Gasteiger partial charge on any atom is -0.377 e. The number of rotatable bonds is 4. The van der Waals surface area contributed by atoms with Gasteiger partial charge in [0.25, 0.3) is 0 Å². The Kier molecular flexibility index (Phi) is 4.42. The number of halogens is 1. The molecule has 0 aromatic heterocycles. The van der Waals surface area contributed by atoms with Gasteiger partial charge in [0.1, 0.15) is 0 Å². The fourth-order valence-corrected chi connectivity index (χ4v) is 1.73. The Bertz CT molecular complexity index is 230. The number of hydrogen-bond donors (Lipinski definition) is 1. The first-order valence-electron chi connectivity index (χ1n) is 4.87. The number of carbonyl (C=O) groups is 1. The summed E-state index contributed by atoms with van der Waals surface area (Å²) >= 11 is 5.56. The van der Waals surface area contributed by atoms with Gasteiger partial charge in [0.15, 0.2) is 0 Å². The van der Waals surface area contributed by atoms with Crippen molar-refractivity contribution in [3.63, 3.8) is 0 Å². The molecule has 1 rings (SSSR count). The highest BCUT2D eigenvalue weighted by Gasteiger charge is 2.32. The minimum atomic E-state index is -0.0176. The van der Waals surface area contributed by atoms with Crippen molar-refractivity contribution in [3.8, 4) is 0 Å². The SMILES string of the molecule is C=C(Cl)CNC(=O)C1CCOC1CC.